The molecule has 1 unspecified atom stereocenters. The summed E-state index contributed by atoms with van der Waals surface area (Å²) in [5.74, 6) is -0.295. The number of aliphatic hydroxyl groups is 1. The van der Waals surface area contributed by atoms with E-state index in [9.17, 15) is 9.90 Å². The highest BCUT2D eigenvalue weighted by Gasteiger charge is 2.24. The first kappa shape index (κ1) is 13.5. The highest BCUT2D eigenvalue weighted by molar-refractivity contribution is 5.83. The fourth-order valence-corrected chi connectivity index (χ4v) is 1.94. The van der Waals surface area contributed by atoms with Crippen LogP contribution in [0.4, 0.5) is 0 Å². The fraction of sp³-hybridized carbons (Fsp3) is 0.917. The van der Waals surface area contributed by atoms with Crippen molar-refractivity contribution < 1.29 is 9.90 Å². The number of hydrogen-bond donors (Lipinski definition) is 2. The molecular weight excluding hydrogens is 204 g/mol. The number of nitrogens with one attached hydrogen (secondary N) is 1. The summed E-state index contributed by atoms with van der Waals surface area (Å²) in [6.07, 6.45) is 3.83. The molecule has 0 aromatic carbocycles. The molecule has 1 saturated heterocycles. The lowest BCUT2D eigenvalue weighted by Gasteiger charge is -2.32. The molecule has 1 heterocycles. The lowest BCUT2D eigenvalue weighted by molar-refractivity contribution is -0.136. The van der Waals surface area contributed by atoms with E-state index in [4.69, 9.17) is 0 Å². The van der Waals surface area contributed by atoms with Crippen LogP contribution in [0.5, 0.6) is 0 Å². The second kappa shape index (κ2) is 5.64. The van der Waals surface area contributed by atoms with Crippen molar-refractivity contribution in [2.24, 2.45) is 0 Å². The quantitative estimate of drug-likeness (QED) is 0.746. The molecule has 0 spiro atoms. The first-order valence-corrected chi connectivity index (χ1v) is 6.16. The van der Waals surface area contributed by atoms with Gasteiger partial charge in [-0.3, -0.25) is 9.69 Å². The maximum absolute atomic E-state index is 11.5. The van der Waals surface area contributed by atoms with Crippen LogP contribution in [0.2, 0.25) is 0 Å². The molecular formula is C12H24N2O2. The monoisotopic (exact) mass is 228 g/mol. The van der Waals surface area contributed by atoms with E-state index in [2.05, 4.69) is 17.1 Å². The Morgan fingerprint density at radius 2 is 1.94 bits per heavy atom. The maximum Gasteiger partial charge on any atom is 0.251 e. The largest absolute Gasteiger partial charge is 0.381 e. The fourth-order valence-electron chi connectivity index (χ4n) is 1.94. The molecule has 4 heteroatoms. The smallest absolute Gasteiger partial charge is 0.251 e. The minimum absolute atomic E-state index is 0.295. The SMILES string of the molecule is CC(CNC(=O)C(C)(C)O)N1CCCCC1. The molecule has 0 saturated carbocycles. The zero-order valence-electron chi connectivity index (χ0n) is 10.6. The minimum atomic E-state index is -1.28. The van der Waals surface area contributed by atoms with Crippen LogP contribution in [-0.2, 0) is 4.79 Å². The van der Waals surface area contributed by atoms with E-state index in [1.165, 1.54) is 33.1 Å². The van der Waals surface area contributed by atoms with Gasteiger partial charge in [0.05, 0.1) is 0 Å². The van der Waals surface area contributed by atoms with Crippen molar-refractivity contribution in [3.63, 3.8) is 0 Å². The molecule has 1 aliphatic rings. The summed E-state index contributed by atoms with van der Waals surface area (Å²) in [5.41, 5.74) is -1.28. The molecule has 0 bridgehead atoms. The van der Waals surface area contributed by atoms with Gasteiger partial charge in [0.2, 0.25) is 0 Å². The summed E-state index contributed by atoms with van der Waals surface area (Å²) in [6.45, 7) is 8.00. The third kappa shape index (κ3) is 4.10. The molecule has 16 heavy (non-hydrogen) atoms. The van der Waals surface area contributed by atoms with Gasteiger partial charge in [-0.15, -0.1) is 0 Å². The van der Waals surface area contributed by atoms with Gasteiger partial charge in [-0.1, -0.05) is 6.42 Å². The van der Waals surface area contributed by atoms with Crippen molar-refractivity contribution >= 4 is 5.91 Å². The van der Waals surface area contributed by atoms with Crippen LogP contribution in [-0.4, -0.2) is 47.2 Å². The summed E-state index contributed by atoms with van der Waals surface area (Å²) in [7, 11) is 0. The van der Waals surface area contributed by atoms with E-state index in [-0.39, 0.29) is 5.91 Å². The normalized spacial score (nSPS) is 20.5. The molecule has 1 amide bonds. The van der Waals surface area contributed by atoms with Crippen LogP contribution in [0.25, 0.3) is 0 Å². The van der Waals surface area contributed by atoms with Gasteiger partial charge >= 0.3 is 0 Å². The highest BCUT2D eigenvalue weighted by Crippen LogP contribution is 2.11. The van der Waals surface area contributed by atoms with Gasteiger partial charge in [-0.05, 0) is 46.7 Å². The number of carbonyl (C=O) groups is 1. The Bertz CT molecular complexity index is 230. The van der Waals surface area contributed by atoms with Crippen molar-refractivity contribution in [2.75, 3.05) is 19.6 Å². The first-order valence-electron chi connectivity index (χ1n) is 6.16. The number of likely N-dealkylation sites (tertiary alicyclic amines) is 1. The minimum Gasteiger partial charge on any atom is -0.381 e. The molecule has 0 radical (unpaired) electrons. The molecule has 4 nitrogen and oxygen atoms in total. The zero-order valence-corrected chi connectivity index (χ0v) is 10.6. The van der Waals surface area contributed by atoms with Crippen molar-refractivity contribution in [3.8, 4) is 0 Å². The van der Waals surface area contributed by atoms with Gasteiger partial charge in [0.15, 0.2) is 0 Å². The van der Waals surface area contributed by atoms with Crippen LogP contribution in [0, 0.1) is 0 Å². The second-order valence-corrected chi connectivity index (χ2v) is 5.21. The predicted molar refractivity (Wildman–Crippen MR) is 64.2 cm³/mol. The van der Waals surface area contributed by atoms with Crippen molar-refractivity contribution in [1.29, 1.82) is 0 Å². The number of rotatable bonds is 4. The Balaban J connectivity index is 2.29. The van der Waals surface area contributed by atoms with Crippen LogP contribution < -0.4 is 5.32 Å². The van der Waals surface area contributed by atoms with E-state index >= 15 is 0 Å². The molecule has 1 rings (SSSR count). The van der Waals surface area contributed by atoms with E-state index in [1.54, 1.807) is 0 Å². The van der Waals surface area contributed by atoms with Gasteiger partial charge in [-0.2, -0.15) is 0 Å². The average Bonchev–Trinajstić information content (AvgIpc) is 2.25. The van der Waals surface area contributed by atoms with E-state index in [0.717, 1.165) is 13.1 Å². The van der Waals surface area contributed by atoms with Crippen molar-refractivity contribution in [1.82, 2.24) is 10.2 Å². The number of nitrogens with zero attached hydrogens (tertiary/aromatic N) is 1. The zero-order chi connectivity index (χ0) is 12.2. The third-order valence-electron chi connectivity index (χ3n) is 3.13. The summed E-state index contributed by atoms with van der Waals surface area (Å²) < 4.78 is 0. The van der Waals surface area contributed by atoms with Crippen LogP contribution in [0.1, 0.15) is 40.0 Å². The molecule has 0 aliphatic carbocycles. The van der Waals surface area contributed by atoms with Gasteiger partial charge in [0.25, 0.3) is 5.91 Å². The van der Waals surface area contributed by atoms with Gasteiger partial charge < -0.3 is 10.4 Å². The maximum atomic E-state index is 11.5. The Kier molecular flexibility index (Phi) is 4.74. The highest BCUT2D eigenvalue weighted by atomic mass is 16.3. The summed E-state index contributed by atoms with van der Waals surface area (Å²) in [4.78, 5) is 13.9. The van der Waals surface area contributed by atoms with E-state index in [0.29, 0.717) is 12.6 Å². The van der Waals surface area contributed by atoms with Crippen LogP contribution in [0.15, 0.2) is 0 Å². The van der Waals surface area contributed by atoms with Crippen LogP contribution in [0.3, 0.4) is 0 Å². The molecule has 1 atom stereocenters. The first-order chi connectivity index (χ1) is 7.41. The molecule has 1 fully saturated rings. The van der Waals surface area contributed by atoms with Crippen LogP contribution >= 0.6 is 0 Å². The standard InChI is InChI=1S/C12H24N2O2/c1-10(14-7-5-4-6-8-14)9-13-11(15)12(2,3)16/h10,16H,4-9H2,1-3H3,(H,13,15). The lowest BCUT2D eigenvalue weighted by atomic mass is 10.1. The summed E-state index contributed by atoms with van der Waals surface area (Å²) in [6, 6.07) is 0.353. The number of amides is 1. The Morgan fingerprint density at radius 3 is 2.44 bits per heavy atom. The predicted octanol–water partition coefficient (Wildman–Crippen LogP) is 0.748. The number of hydrogen-bond acceptors (Lipinski definition) is 3. The lowest BCUT2D eigenvalue weighted by Crippen LogP contribution is -2.49. The molecule has 0 aromatic heterocycles. The van der Waals surface area contributed by atoms with E-state index < -0.39 is 5.60 Å². The average molecular weight is 228 g/mol. The Hall–Kier alpha value is -0.610. The molecule has 2 N–H and O–H groups in total. The topological polar surface area (TPSA) is 52.6 Å². The molecule has 0 aromatic rings. The molecule has 94 valence electrons. The number of piperidine rings is 1. The van der Waals surface area contributed by atoms with Gasteiger partial charge in [-0.25, -0.2) is 0 Å². The van der Waals surface area contributed by atoms with Gasteiger partial charge in [0, 0.05) is 12.6 Å². The summed E-state index contributed by atoms with van der Waals surface area (Å²) >= 11 is 0. The van der Waals surface area contributed by atoms with Crippen molar-refractivity contribution in [3.05, 3.63) is 0 Å². The number of carbonyl (C=O) groups excluding carboxylic acids is 1. The Labute approximate surface area is 98.0 Å². The Morgan fingerprint density at radius 1 is 1.38 bits per heavy atom. The van der Waals surface area contributed by atoms with Gasteiger partial charge in [0.1, 0.15) is 5.60 Å². The third-order valence-corrected chi connectivity index (χ3v) is 3.13. The van der Waals surface area contributed by atoms with Crippen molar-refractivity contribution in [2.45, 2.75) is 51.7 Å². The van der Waals surface area contributed by atoms with E-state index in [1.807, 2.05) is 0 Å². The second-order valence-electron chi connectivity index (χ2n) is 5.21. The molecule has 1 aliphatic heterocycles. The summed E-state index contributed by atoms with van der Waals surface area (Å²) in [5, 5.41) is 12.3.